The Kier molecular flexibility index (Phi) is 4.77. The summed E-state index contributed by atoms with van der Waals surface area (Å²) in [7, 11) is -4.22. The number of rotatable bonds is 6. The summed E-state index contributed by atoms with van der Waals surface area (Å²) in [6.45, 7) is 6.49. The first-order valence-corrected chi connectivity index (χ1v) is 8.17. The Bertz CT molecular complexity index is 669. The van der Waals surface area contributed by atoms with E-state index in [9.17, 15) is 13.2 Å². The van der Waals surface area contributed by atoms with Gasteiger partial charge in [0.05, 0.1) is 5.69 Å². The molecule has 0 bridgehead atoms. The molecule has 2 N–H and O–H groups in total. The molecule has 0 saturated carbocycles. The lowest BCUT2D eigenvalue weighted by Crippen LogP contribution is -2.28. The Morgan fingerprint density at radius 3 is 2.50 bits per heavy atom. The van der Waals surface area contributed by atoms with Crippen molar-refractivity contribution in [1.82, 2.24) is 4.90 Å². The van der Waals surface area contributed by atoms with E-state index >= 15 is 0 Å². The van der Waals surface area contributed by atoms with Gasteiger partial charge in [0.15, 0.2) is 0 Å². The number of anilines is 1. The number of fused-ring (bicyclic) bond motifs is 1. The second-order valence-electron chi connectivity index (χ2n) is 4.60. The van der Waals surface area contributed by atoms with Crippen LogP contribution in [0.2, 0.25) is 0 Å². The van der Waals surface area contributed by atoms with Crippen LogP contribution in [-0.4, -0.2) is 45.5 Å². The maximum Gasteiger partial charge on any atom is 0.501 e. The van der Waals surface area contributed by atoms with E-state index in [0.717, 1.165) is 13.1 Å². The summed E-state index contributed by atoms with van der Waals surface area (Å²) < 4.78 is 37.1. The summed E-state index contributed by atoms with van der Waals surface area (Å²) in [6, 6.07) is 2.71. The van der Waals surface area contributed by atoms with E-state index in [4.69, 9.17) is 10.5 Å². The molecule has 0 spiro atoms. The molecule has 1 heterocycles. The van der Waals surface area contributed by atoms with Gasteiger partial charge in [-0.2, -0.15) is 0 Å². The molecular formula is C13H18N2O6S. The van der Waals surface area contributed by atoms with Crippen LogP contribution in [0.5, 0.6) is 11.5 Å². The highest BCUT2D eigenvalue weighted by molar-refractivity contribution is 7.82. The fourth-order valence-corrected chi connectivity index (χ4v) is 2.79. The Morgan fingerprint density at radius 2 is 1.86 bits per heavy atom. The maximum atomic E-state index is 12.1. The van der Waals surface area contributed by atoms with E-state index in [1.165, 1.54) is 12.1 Å². The van der Waals surface area contributed by atoms with Gasteiger partial charge in [0.25, 0.3) is 0 Å². The zero-order valence-electron chi connectivity index (χ0n) is 12.4. The van der Waals surface area contributed by atoms with Crippen molar-refractivity contribution in [2.45, 2.75) is 13.8 Å². The van der Waals surface area contributed by atoms with Gasteiger partial charge in [-0.1, -0.05) is 13.8 Å². The minimum atomic E-state index is -4.22. The van der Waals surface area contributed by atoms with Gasteiger partial charge in [-0.05, 0) is 25.2 Å². The average Bonchev–Trinajstić information content (AvgIpc) is 2.80. The van der Waals surface area contributed by atoms with Crippen molar-refractivity contribution in [1.29, 1.82) is 0 Å². The van der Waals surface area contributed by atoms with E-state index in [1.54, 1.807) is 0 Å². The fourth-order valence-electron chi connectivity index (χ4n) is 2.01. The monoisotopic (exact) mass is 330 g/mol. The molecule has 0 radical (unpaired) electrons. The van der Waals surface area contributed by atoms with Crippen LogP contribution in [0.4, 0.5) is 5.69 Å². The molecule has 0 amide bonds. The third-order valence-corrected chi connectivity index (χ3v) is 4.01. The first kappa shape index (κ1) is 16.4. The van der Waals surface area contributed by atoms with Crippen LogP contribution >= 0.6 is 0 Å². The van der Waals surface area contributed by atoms with E-state index in [2.05, 4.69) is 13.3 Å². The number of carbonyl (C=O) groups is 1. The number of hydrogen-bond acceptors (Lipinski definition) is 8. The molecule has 0 fully saturated rings. The molecule has 1 aliphatic rings. The van der Waals surface area contributed by atoms with Crippen molar-refractivity contribution in [3.8, 4) is 11.5 Å². The lowest BCUT2D eigenvalue weighted by Gasteiger charge is -2.17. The van der Waals surface area contributed by atoms with E-state index in [0.29, 0.717) is 6.54 Å². The second kappa shape index (κ2) is 6.41. The summed E-state index contributed by atoms with van der Waals surface area (Å²) in [6.07, 6.45) is 0. The van der Waals surface area contributed by atoms with Crippen LogP contribution in [-0.2, 0) is 15.1 Å². The minimum absolute atomic E-state index is 0.0372. The van der Waals surface area contributed by atoms with E-state index < -0.39 is 16.4 Å². The van der Waals surface area contributed by atoms with Gasteiger partial charge in [-0.3, -0.25) is 0 Å². The van der Waals surface area contributed by atoms with Crippen molar-refractivity contribution in [3.63, 3.8) is 0 Å². The molecule has 1 aromatic carbocycles. The van der Waals surface area contributed by atoms with Crippen LogP contribution < -0.4 is 14.1 Å². The van der Waals surface area contributed by atoms with Crippen molar-refractivity contribution < 1.29 is 26.3 Å². The highest BCUT2D eigenvalue weighted by Gasteiger charge is 2.35. The molecule has 0 unspecified atom stereocenters. The first-order valence-electron chi connectivity index (χ1n) is 6.83. The van der Waals surface area contributed by atoms with E-state index in [1.807, 2.05) is 13.8 Å². The third kappa shape index (κ3) is 3.42. The number of carbonyl (C=O) groups excluding carboxylic acids is 1. The normalized spacial score (nSPS) is 15.0. The number of esters is 1. The Hall–Kier alpha value is -2.00. The standard InChI is InChI=1S/C13H18N2O6S/c1-3-15(4-2)7-8-19-13(16)9-5-6-10(14)12-11(9)20-22(17,18)21-12/h5-6H,3-4,7-8,14H2,1-2H3. The van der Waals surface area contributed by atoms with Gasteiger partial charge < -0.3 is 23.7 Å². The van der Waals surface area contributed by atoms with Gasteiger partial charge in [-0.15, -0.1) is 8.42 Å². The predicted molar refractivity (Wildman–Crippen MR) is 79.1 cm³/mol. The number of likely N-dealkylation sites (N-methyl/N-ethyl adjacent to an activating group) is 1. The van der Waals surface area contributed by atoms with Crippen molar-refractivity contribution in [2.75, 3.05) is 32.0 Å². The fraction of sp³-hybridized carbons (Fsp3) is 0.462. The van der Waals surface area contributed by atoms with Crippen molar-refractivity contribution in [2.24, 2.45) is 0 Å². The number of nitrogens with zero attached hydrogens (tertiary/aromatic N) is 1. The summed E-state index contributed by atoms with van der Waals surface area (Å²) >= 11 is 0. The Labute approximate surface area is 129 Å². The molecule has 122 valence electrons. The van der Waals surface area contributed by atoms with Gasteiger partial charge in [0, 0.05) is 6.54 Å². The average molecular weight is 330 g/mol. The van der Waals surface area contributed by atoms with Gasteiger partial charge in [0.2, 0.25) is 11.5 Å². The van der Waals surface area contributed by atoms with Crippen LogP contribution in [0, 0.1) is 0 Å². The zero-order valence-corrected chi connectivity index (χ0v) is 13.2. The Morgan fingerprint density at radius 1 is 1.23 bits per heavy atom. The number of nitrogen functional groups attached to an aromatic ring is 1. The number of benzene rings is 1. The number of hydrogen-bond donors (Lipinski definition) is 1. The van der Waals surface area contributed by atoms with Crippen LogP contribution in [0.15, 0.2) is 12.1 Å². The van der Waals surface area contributed by atoms with Crippen LogP contribution in [0.1, 0.15) is 24.2 Å². The van der Waals surface area contributed by atoms with Gasteiger partial charge >= 0.3 is 16.4 Å². The molecular weight excluding hydrogens is 312 g/mol. The number of ether oxygens (including phenoxy) is 1. The molecule has 22 heavy (non-hydrogen) atoms. The van der Waals surface area contributed by atoms with Gasteiger partial charge in [0.1, 0.15) is 12.2 Å². The predicted octanol–water partition coefficient (Wildman–Crippen LogP) is 0.783. The topological polar surface area (TPSA) is 108 Å². The molecule has 0 aliphatic carbocycles. The summed E-state index contributed by atoms with van der Waals surface area (Å²) in [5.74, 6) is -1.10. The molecule has 0 atom stereocenters. The lowest BCUT2D eigenvalue weighted by atomic mass is 10.1. The van der Waals surface area contributed by atoms with E-state index in [-0.39, 0.29) is 29.4 Å². The SMILES string of the molecule is CCN(CC)CCOC(=O)c1ccc(N)c2c1OS(=O)(=O)O2. The highest BCUT2D eigenvalue weighted by Crippen LogP contribution is 2.43. The Balaban J connectivity index is 2.11. The van der Waals surface area contributed by atoms with Gasteiger partial charge in [-0.25, -0.2) is 4.79 Å². The minimum Gasteiger partial charge on any atom is -0.461 e. The van der Waals surface area contributed by atoms with Crippen LogP contribution in [0.3, 0.4) is 0 Å². The molecule has 9 heteroatoms. The quantitative estimate of drug-likeness (QED) is 0.602. The third-order valence-electron chi connectivity index (χ3n) is 3.27. The second-order valence-corrected chi connectivity index (χ2v) is 5.75. The molecule has 2 rings (SSSR count). The summed E-state index contributed by atoms with van der Waals surface area (Å²) in [4.78, 5) is 14.2. The summed E-state index contributed by atoms with van der Waals surface area (Å²) in [5.41, 5.74) is 5.64. The molecule has 1 aromatic rings. The molecule has 1 aliphatic heterocycles. The largest absolute Gasteiger partial charge is 0.501 e. The van der Waals surface area contributed by atoms with Crippen molar-refractivity contribution in [3.05, 3.63) is 17.7 Å². The zero-order chi connectivity index (χ0) is 16.3. The van der Waals surface area contributed by atoms with Crippen molar-refractivity contribution >= 4 is 22.1 Å². The molecule has 0 aromatic heterocycles. The molecule has 0 saturated heterocycles. The first-order chi connectivity index (χ1) is 10.4. The molecule has 8 nitrogen and oxygen atoms in total. The maximum absolute atomic E-state index is 12.1. The lowest BCUT2D eigenvalue weighted by molar-refractivity contribution is 0.0464. The van der Waals surface area contributed by atoms with Crippen LogP contribution in [0.25, 0.3) is 0 Å². The smallest absolute Gasteiger partial charge is 0.461 e. The number of nitrogens with two attached hydrogens (primary N) is 1. The highest BCUT2D eigenvalue weighted by atomic mass is 32.3. The summed E-state index contributed by atoms with van der Waals surface area (Å²) in [5, 5.41) is 0.